The monoisotopic (exact) mass is 349 g/mol. The maximum atomic E-state index is 13.0. The summed E-state index contributed by atoms with van der Waals surface area (Å²) in [5.41, 5.74) is 2.41. The van der Waals surface area contributed by atoms with E-state index in [9.17, 15) is 14.7 Å². The van der Waals surface area contributed by atoms with Crippen LogP contribution in [-0.2, 0) is 10.4 Å². The number of ketones is 1. The second-order valence-corrected chi connectivity index (χ2v) is 7.14. The summed E-state index contributed by atoms with van der Waals surface area (Å²) in [4.78, 5) is 27.4. The average Bonchev–Trinajstić information content (AvgIpc) is 2.79. The van der Waals surface area contributed by atoms with Gasteiger partial charge in [-0.25, -0.2) is 0 Å². The molecule has 134 valence electrons. The molecule has 0 fully saturated rings. The summed E-state index contributed by atoms with van der Waals surface area (Å²) in [5.74, 6) is -0.714. The number of anilines is 1. The molecule has 1 heterocycles. The van der Waals surface area contributed by atoms with Gasteiger partial charge >= 0.3 is 0 Å². The fourth-order valence-electron chi connectivity index (χ4n) is 3.47. The maximum Gasteiger partial charge on any atom is 0.264 e. The molecule has 0 spiro atoms. The zero-order valence-electron chi connectivity index (χ0n) is 15.4. The topological polar surface area (TPSA) is 57.6 Å². The number of benzene rings is 2. The molecule has 1 N–H and O–H groups in total. The first-order valence-corrected chi connectivity index (χ1v) is 8.62. The minimum Gasteiger partial charge on any atom is -0.375 e. The molecular weight excluding hydrogens is 326 g/mol. The lowest BCUT2D eigenvalue weighted by molar-refractivity contribution is -0.135. The smallest absolute Gasteiger partial charge is 0.264 e. The van der Waals surface area contributed by atoms with E-state index in [0.29, 0.717) is 23.4 Å². The summed E-state index contributed by atoms with van der Waals surface area (Å²) in [5, 5.41) is 11.2. The summed E-state index contributed by atoms with van der Waals surface area (Å²) >= 11 is 0. The molecule has 1 amide bonds. The Bertz CT molecular complexity index is 915. The molecule has 0 unspecified atom stereocenters. The van der Waals surface area contributed by atoms with Crippen LogP contribution in [0.1, 0.15) is 40.4 Å². The van der Waals surface area contributed by atoms with Gasteiger partial charge in [-0.05, 0) is 38.5 Å². The minimum absolute atomic E-state index is 0.242. The van der Waals surface area contributed by atoms with E-state index in [1.807, 2.05) is 39.0 Å². The van der Waals surface area contributed by atoms with Crippen molar-refractivity contribution in [2.45, 2.75) is 32.8 Å². The molecule has 2 aromatic carbocycles. The fraction of sp³-hybridized carbons (Fsp3) is 0.273. The van der Waals surface area contributed by atoms with Gasteiger partial charge in [0.15, 0.2) is 11.4 Å². The molecule has 0 aliphatic carbocycles. The van der Waals surface area contributed by atoms with Crippen LogP contribution in [0.4, 0.5) is 5.69 Å². The molecule has 0 radical (unpaired) electrons. The Morgan fingerprint density at radius 3 is 2.58 bits per heavy atom. The molecule has 1 aliphatic heterocycles. The van der Waals surface area contributed by atoms with E-state index in [1.165, 1.54) is 4.90 Å². The molecule has 26 heavy (non-hydrogen) atoms. The fourth-order valence-corrected chi connectivity index (χ4v) is 3.47. The zero-order valence-corrected chi connectivity index (χ0v) is 15.4. The Morgan fingerprint density at radius 1 is 1.19 bits per heavy atom. The van der Waals surface area contributed by atoms with Gasteiger partial charge in [0.25, 0.3) is 5.91 Å². The second-order valence-electron chi connectivity index (χ2n) is 7.14. The van der Waals surface area contributed by atoms with Crippen molar-refractivity contribution in [3.8, 4) is 0 Å². The summed E-state index contributed by atoms with van der Waals surface area (Å²) in [6.45, 7) is 9.77. The van der Waals surface area contributed by atoms with Gasteiger partial charge in [-0.1, -0.05) is 48.0 Å². The first-order valence-electron chi connectivity index (χ1n) is 8.62. The van der Waals surface area contributed by atoms with Crippen molar-refractivity contribution < 1.29 is 14.7 Å². The quantitative estimate of drug-likeness (QED) is 0.662. The molecule has 0 bridgehead atoms. The van der Waals surface area contributed by atoms with Crippen LogP contribution in [0.2, 0.25) is 0 Å². The van der Waals surface area contributed by atoms with Crippen molar-refractivity contribution in [1.82, 2.24) is 0 Å². The number of para-hydroxylation sites is 1. The first-order chi connectivity index (χ1) is 12.2. The van der Waals surface area contributed by atoms with Crippen LogP contribution in [0.5, 0.6) is 0 Å². The number of aryl methyl sites for hydroxylation is 2. The maximum absolute atomic E-state index is 13.0. The standard InChI is InChI=1S/C22H23NO3/c1-14(2)13-23-19-8-6-5-7-18(19)22(26,21(23)25)12-20(24)17-11-15(3)9-10-16(17)4/h5-11,26H,1,12-13H2,2-4H3/t22-/m0/s1. The van der Waals surface area contributed by atoms with Gasteiger partial charge in [0, 0.05) is 17.7 Å². The van der Waals surface area contributed by atoms with E-state index in [-0.39, 0.29) is 12.2 Å². The van der Waals surface area contributed by atoms with Gasteiger partial charge in [-0.2, -0.15) is 0 Å². The van der Waals surface area contributed by atoms with E-state index >= 15 is 0 Å². The van der Waals surface area contributed by atoms with Crippen molar-refractivity contribution in [2.24, 2.45) is 0 Å². The molecule has 0 saturated heterocycles. The van der Waals surface area contributed by atoms with Crippen LogP contribution in [0.3, 0.4) is 0 Å². The van der Waals surface area contributed by atoms with Crippen molar-refractivity contribution >= 4 is 17.4 Å². The number of Topliss-reactive ketones (excluding diaryl/α,β-unsaturated/α-hetero) is 1. The van der Waals surface area contributed by atoms with Crippen LogP contribution in [0, 0.1) is 13.8 Å². The first kappa shape index (κ1) is 18.1. The third kappa shape index (κ3) is 2.97. The lowest BCUT2D eigenvalue weighted by atomic mass is 9.87. The molecule has 0 aromatic heterocycles. The Morgan fingerprint density at radius 2 is 1.88 bits per heavy atom. The van der Waals surface area contributed by atoms with Crippen LogP contribution in [-0.4, -0.2) is 23.3 Å². The van der Waals surface area contributed by atoms with Gasteiger partial charge in [0.2, 0.25) is 0 Å². The van der Waals surface area contributed by atoms with Crippen LogP contribution in [0.25, 0.3) is 0 Å². The van der Waals surface area contributed by atoms with Crippen molar-refractivity contribution in [3.05, 3.63) is 76.9 Å². The number of hydrogen-bond acceptors (Lipinski definition) is 3. The molecule has 4 heteroatoms. The van der Waals surface area contributed by atoms with Crippen LogP contribution >= 0.6 is 0 Å². The molecular formula is C22H23NO3. The summed E-state index contributed by atoms with van der Waals surface area (Å²) in [6, 6.07) is 12.7. The normalized spacial score (nSPS) is 18.8. The summed E-state index contributed by atoms with van der Waals surface area (Å²) in [7, 11) is 0. The third-order valence-corrected chi connectivity index (χ3v) is 4.78. The van der Waals surface area contributed by atoms with Gasteiger partial charge in [-0.15, -0.1) is 0 Å². The lowest BCUT2D eigenvalue weighted by Crippen LogP contribution is -2.42. The predicted molar refractivity (Wildman–Crippen MR) is 102 cm³/mol. The van der Waals surface area contributed by atoms with E-state index in [2.05, 4.69) is 6.58 Å². The molecule has 2 aromatic rings. The molecule has 3 rings (SSSR count). The van der Waals surface area contributed by atoms with E-state index in [4.69, 9.17) is 0 Å². The third-order valence-electron chi connectivity index (χ3n) is 4.78. The van der Waals surface area contributed by atoms with Crippen molar-refractivity contribution in [3.63, 3.8) is 0 Å². The van der Waals surface area contributed by atoms with Crippen LogP contribution < -0.4 is 4.90 Å². The number of aliphatic hydroxyl groups is 1. The number of fused-ring (bicyclic) bond motifs is 1. The number of rotatable bonds is 5. The highest BCUT2D eigenvalue weighted by Gasteiger charge is 2.50. The Balaban J connectivity index is 2.01. The molecule has 1 atom stereocenters. The number of amides is 1. The number of carbonyl (C=O) groups is 2. The summed E-state index contributed by atoms with van der Waals surface area (Å²) in [6.07, 6.45) is -0.278. The second kappa shape index (κ2) is 6.54. The van der Waals surface area contributed by atoms with E-state index < -0.39 is 11.5 Å². The zero-order chi connectivity index (χ0) is 19.1. The van der Waals surface area contributed by atoms with Gasteiger partial charge in [-0.3, -0.25) is 9.59 Å². The number of nitrogens with zero attached hydrogens (tertiary/aromatic N) is 1. The SMILES string of the molecule is C=C(C)CN1C(=O)[C@](O)(CC(=O)c2cc(C)ccc2C)c2ccccc21. The highest BCUT2D eigenvalue weighted by atomic mass is 16.3. The van der Waals surface area contributed by atoms with E-state index in [1.54, 1.807) is 24.3 Å². The van der Waals surface area contributed by atoms with Crippen LogP contribution in [0.15, 0.2) is 54.6 Å². The van der Waals surface area contributed by atoms with E-state index in [0.717, 1.165) is 16.7 Å². The molecule has 4 nitrogen and oxygen atoms in total. The highest BCUT2D eigenvalue weighted by Crippen LogP contribution is 2.43. The number of hydrogen-bond donors (Lipinski definition) is 1. The number of carbonyl (C=O) groups excluding carboxylic acids is 2. The van der Waals surface area contributed by atoms with Gasteiger partial charge in [0.1, 0.15) is 0 Å². The Kier molecular flexibility index (Phi) is 4.55. The molecule has 1 aliphatic rings. The Hall–Kier alpha value is -2.72. The highest BCUT2D eigenvalue weighted by molar-refractivity contribution is 6.11. The summed E-state index contributed by atoms with van der Waals surface area (Å²) < 4.78 is 0. The molecule has 0 saturated carbocycles. The predicted octanol–water partition coefficient (Wildman–Crippen LogP) is 3.69. The van der Waals surface area contributed by atoms with Crippen molar-refractivity contribution in [2.75, 3.05) is 11.4 Å². The van der Waals surface area contributed by atoms with Crippen molar-refractivity contribution in [1.29, 1.82) is 0 Å². The van der Waals surface area contributed by atoms with Gasteiger partial charge in [0.05, 0.1) is 12.1 Å². The largest absolute Gasteiger partial charge is 0.375 e. The average molecular weight is 349 g/mol. The van der Waals surface area contributed by atoms with Gasteiger partial charge < -0.3 is 10.0 Å². The minimum atomic E-state index is -1.85. The Labute approximate surface area is 153 Å². The lowest BCUT2D eigenvalue weighted by Gasteiger charge is -2.23.